The largest absolute Gasteiger partial charge is 0.260 e. The standard InChI is InChI=1S/C6H5N3O/c1-5-2-3-7-6(9-5)8-4-10/h2-3H,1H3. The highest BCUT2D eigenvalue weighted by Gasteiger charge is 1.89. The van der Waals surface area contributed by atoms with Gasteiger partial charge in [-0.3, -0.25) is 0 Å². The van der Waals surface area contributed by atoms with E-state index in [0.717, 1.165) is 5.69 Å². The number of rotatable bonds is 1. The first-order chi connectivity index (χ1) is 4.83. The Balaban J connectivity index is 3.06. The van der Waals surface area contributed by atoms with Crippen LogP contribution in [0.2, 0.25) is 0 Å². The summed E-state index contributed by atoms with van der Waals surface area (Å²) in [6, 6.07) is 1.73. The molecule has 0 radical (unpaired) electrons. The van der Waals surface area contributed by atoms with Crippen molar-refractivity contribution < 1.29 is 4.79 Å². The lowest BCUT2D eigenvalue weighted by Gasteiger charge is -1.88. The van der Waals surface area contributed by atoms with Crippen molar-refractivity contribution in [3.63, 3.8) is 0 Å². The SMILES string of the molecule is Cc1ccnc(N=C=O)n1. The molecule has 0 amide bonds. The second-order valence-electron chi connectivity index (χ2n) is 1.70. The zero-order valence-corrected chi connectivity index (χ0v) is 5.40. The molecule has 1 heterocycles. The zero-order chi connectivity index (χ0) is 7.40. The lowest BCUT2D eigenvalue weighted by molar-refractivity contribution is 0.565. The predicted molar refractivity (Wildman–Crippen MR) is 34.6 cm³/mol. The Labute approximate surface area is 57.7 Å². The number of hydrogen-bond donors (Lipinski definition) is 0. The number of hydrogen-bond acceptors (Lipinski definition) is 4. The molecule has 0 atom stereocenters. The summed E-state index contributed by atoms with van der Waals surface area (Å²) in [6.07, 6.45) is 2.90. The predicted octanol–water partition coefficient (Wildman–Crippen LogP) is 0.752. The molecule has 0 bridgehead atoms. The first-order valence-corrected chi connectivity index (χ1v) is 2.70. The smallest absolute Gasteiger partial charge is 0.219 e. The summed E-state index contributed by atoms with van der Waals surface area (Å²) in [5.41, 5.74) is 0.781. The third-order valence-electron chi connectivity index (χ3n) is 0.928. The number of aliphatic imine (C=N–C) groups is 1. The fraction of sp³-hybridized carbons (Fsp3) is 0.167. The van der Waals surface area contributed by atoms with Crippen molar-refractivity contribution in [1.29, 1.82) is 0 Å². The van der Waals surface area contributed by atoms with Gasteiger partial charge in [0, 0.05) is 11.9 Å². The zero-order valence-electron chi connectivity index (χ0n) is 5.40. The Morgan fingerprint density at radius 3 is 3.10 bits per heavy atom. The van der Waals surface area contributed by atoms with Crippen molar-refractivity contribution in [1.82, 2.24) is 9.97 Å². The summed E-state index contributed by atoms with van der Waals surface area (Å²) >= 11 is 0. The van der Waals surface area contributed by atoms with E-state index < -0.39 is 0 Å². The lowest BCUT2D eigenvalue weighted by Crippen LogP contribution is -1.82. The Morgan fingerprint density at radius 1 is 1.70 bits per heavy atom. The number of nitrogens with zero attached hydrogens (tertiary/aromatic N) is 3. The van der Waals surface area contributed by atoms with E-state index in [4.69, 9.17) is 0 Å². The summed E-state index contributed by atoms with van der Waals surface area (Å²) in [6.45, 7) is 1.80. The van der Waals surface area contributed by atoms with E-state index in [1.54, 1.807) is 19.2 Å². The van der Waals surface area contributed by atoms with Crippen LogP contribution in [0.15, 0.2) is 17.3 Å². The molecule has 0 spiro atoms. The first-order valence-electron chi connectivity index (χ1n) is 2.70. The van der Waals surface area contributed by atoms with Crippen LogP contribution in [-0.2, 0) is 4.79 Å². The van der Waals surface area contributed by atoms with E-state index in [-0.39, 0.29) is 5.95 Å². The van der Waals surface area contributed by atoms with E-state index in [2.05, 4.69) is 15.0 Å². The highest BCUT2D eigenvalue weighted by Crippen LogP contribution is 2.00. The van der Waals surface area contributed by atoms with Crippen molar-refractivity contribution in [2.75, 3.05) is 0 Å². The van der Waals surface area contributed by atoms with Crippen LogP contribution < -0.4 is 0 Å². The third-order valence-corrected chi connectivity index (χ3v) is 0.928. The molecule has 10 heavy (non-hydrogen) atoms. The van der Waals surface area contributed by atoms with Crippen LogP contribution >= 0.6 is 0 Å². The number of carbonyl (C=O) groups excluding carboxylic acids is 1. The normalized spacial score (nSPS) is 8.50. The van der Waals surface area contributed by atoms with E-state index in [1.807, 2.05) is 0 Å². The fourth-order valence-electron chi connectivity index (χ4n) is 0.530. The maximum Gasteiger partial charge on any atom is 0.260 e. The van der Waals surface area contributed by atoms with E-state index in [0.29, 0.717) is 0 Å². The van der Waals surface area contributed by atoms with Crippen LogP contribution in [0.25, 0.3) is 0 Å². The van der Waals surface area contributed by atoms with Gasteiger partial charge in [0.05, 0.1) is 0 Å². The number of isocyanates is 1. The Hall–Kier alpha value is -1.54. The van der Waals surface area contributed by atoms with Gasteiger partial charge in [-0.15, -0.1) is 4.99 Å². The van der Waals surface area contributed by atoms with Crippen LogP contribution in [0, 0.1) is 6.92 Å². The minimum absolute atomic E-state index is 0.162. The highest BCUT2D eigenvalue weighted by atomic mass is 16.1. The van der Waals surface area contributed by atoms with Gasteiger partial charge in [0.1, 0.15) is 0 Å². The third kappa shape index (κ3) is 1.47. The molecule has 0 fully saturated rings. The van der Waals surface area contributed by atoms with Gasteiger partial charge in [-0.25, -0.2) is 14.8 Å². The van der Waals surface area contributed by atoms with E-state index in [9.17, 15) is 4.79 Å². The molecule has 50 valence electrons. The van der Waals surface area contributed by atoms with Gasteiger partial charge in [-0.05, 0) is 13.0 Å². The molecule has 0 saturated carbocycles. The molecule has 4 nitrogen and oxygen atoms in total. The number of aryl methyl sites for hydroxylation is 1. The van der Waals surface area contributed by atoms with Gasteiger partial charge in [-0.2, -0.15) is 0 Å². The minimum atomic E-state index is 0.162. The second kappa shape index (κ2) is 2.85. The number of aromatic nitrogens is 2. The van der Waals surface area contributed by atoms with Crippen LogP contribution in [0.5, 0.6) is 0 Å². The first kappa shape index (κ1) is 6.58. The molecule has 0 aromatic carbocycles. The molecule has 4 heteroatoms. The van der Waals surface area contributed by atoms with Gasteiger partial charge in [0.2, 0.25) is 6.08 Å². The van der Waals surface area contributed by atoms with Crippen molar-refractivity contribution in [2.24, 2.45) is 4.99 Å². The van der Waals surface area contributed by atoms with Crippen molar-refractivity contribution >= 4 is 12.0 Å². The molecule has 0 saturated heterocycles. The molecule has 0 aliphatic heterocycles. The van der Waals surface area contributed by atoms with Crippen LogP contribution in [0.3, 0.4) is 0 Å². The van der Waals surface area contributed by atoms with E-state index in [1.165, 1.54) is 6.08 Å². The molecule has 0 unspecified atom stereocenters. The highest BCUT2D eigenvalue weighted by molar-refractivity contribution is 5.40. The fourth-order valence-corrected chi connectivity index (χ4v) is 0.530. The molecule has 1 rings (SSSR count). The second-order valence-corrected chi connectivity index (χ2v) is 1.70. The summed E-state index contributed by atoms with van der Waals surface area (Å²) in [4.78, 5) is 20.5. The molecule has 0 N–H and O–H groups in total. The quantitative estimate of drug-likeness (QED) is 0.421. The maximum atomic E-state index is 9.71. The maximum absolute atomic E-state index is 9.71. The van der Waals surface area contributed by atoms with Gasteiger partial charge in [0.15, 0.2) is 0 Å². The molecule has 0 aliphatic rings. The molecule has 0 aliphatic carbocycles. The Kier molecular flexibility index (Phi) is 1.87. The van der Waals surface area contributed by atoms with Gasteiger partial charge in [0.25, 0.3) is 5.95 Å². The summed E-state index contributed by atoms with van der Waals surface area (Å²) in [5, 5.41) is 0. The molecule has 1 aromatic heterocycles. The Morgan fingerprint density at radius 2 is 2.50 bits per heavy atom. The monoisotopic (exact) mass is 135 g/mol. The van der Waals surface area contributed by atoms with Crippen molar-refractivity contribution in [3.8, 4) is 0 Å². The topological polar surface area (TPSA) is 55.2 Å². The average Bonchev–Trinajstić information content (AvgIpc) is 1.88. The van der Waals surface area contributed by atoms with Crippen molar-refractivity contribution in [3.05, 3.63) is 18.0 Å². The summed E-state index contributed by atoms with van der Waals surface area (Å²) in [7, 11) is 0. The van der Waals surface area contributed by atoms with Gasteiger partial charge in [-0.1, -0.05) is 0 Å². The van der Waals surface area contributed by atoms with Crippen LogP contribution in [0.1, 0.15) is 5.69 Å². The van der Waals surface area contributed by atoms with Crippen LogP contribution in [-0.4, -0.2) is 16.0 Å². The average molecular weight is 135 g/mol. The van der Waals surface area contributed by atoms with Gasteiger partial charge >= 0.3 is 0 Å². The molecular weight excluding hydrogens is 130 g/mol. The minimum Gasteiger partial charge on any atom is -0.219 e. The summed E-state index contributed by atoms with van der Waals surface area (Å²) < 4.78 is 0. The molecular formula is C6H5N3O. The summed E-state index contributed by atoms with van der Waals surface area (Å²) in [5.74, 6) is 0.162. The van der Waals surface area contributed by atoms with E-state index >= 15 is 0 Å². The van der Waals surface area contributed by atoms with Crippen LogP contribution in [0.4, 0.5) is 5.95 Å². The lowest BCUT2D eigenvalue weighted by atomic mass is 10.5. The molecule has 1 aromatic rings. The Bertz CT molecular complexity index is 278. The van der Waals surface area contributed by atoms with Gasteiger partial charge < -0.3 is 0 Å². The van der Waals surface area contributed by atoms with Crippen molar-refractivity contribution in [2.45, 2.75) is 6.92 Å².